The zero-order chi connectivity index (χ0) is 12.5. The molecule has 3 rings (SSSR count). The minimum absolute atomic E-state index is 0.139. The normalized spacial score (nSPS) is 22.2. The second-order valence-electron chi connectivity index (χ2n) is 4.98. The van der Waals surface area contributed by atoms with E-state index in [1.807, 2.05) is 40.1 Å². The number of rotatable bonds is 3. The molecule has 0 N–H and O–H groups in total. The number of carbonyl (C=O) groups excluding carboxylic acids is 1. The molecule has 0 bridgehead atoms. The van der Waals surface area contributed by atoms with Crippen LogP contribution in [0.4, 0.5) is 10.5 Å². The quantitative estimate of drug-likeness (QED) is 0.814. The van der Waals surface area contributed by atoms with Crippen LogP contribution in [0.1, 0.15) is 13.3 Å². The van der Waals surface area contributed by atoms with Crippen molar-refractivity contribution in [1.29, 1.82) is 0 Å². The van der Waals surface area contributed by atoms with Gasteiger partial charge in [0.1, 0.15) is 0 Å². The number of likely N-dealkylation sites (tertiary alicyclic amines) is 1. The van der Waals surface area contributed by atoms with Gasteiger partial charge in [0.25, 0.3) is 0 Å². The highest BCUT2D eigenvalue weighted by molar-refractivity contribution is 5.94. The highest BCUT2D eigenvalue weighted by atomic mass is 16.2. The minimum Gasteiger partial charge on any atom is -0.307 e. The molecular weight excluding hydrogens is 226 g/mol. The van der Waals surface area contributed by atoms with E-state index in [2.05, 4.69) is 11.8 Å². The van der Waals surface area contributed by atoms with Crippen molar-refractivity contribution in [2.45, 2.75) is 19.5 Å². The van der Waals surface area contributed by atoms with E-state index in [0.29, 0.717) is 0 Å². The van der Waals surface area contributed by atoms with Crippen LogP contribution in [0.15, 0.2) is 30.3 Å². The van der Waals surface area contributed by atoms with Crippen molar-refractivity contribution >= 4 is 11.7 Å². The van der Waals surface area contributed by atoms with E-state index in [4.69, 9.17) is 0 Å². The molecule has 2 amide bonds. The Kier molecular flexibility index (Phi) is 2.96. The summed E-state index contributed by atoms with van der Waals surface area (Å²) in [6.07, 6.45) is 1.49. The van der Waals surface area contributed by atoms with E-state index < -0.39 is 0 Å². The maximum absolute atomic E-state index is 12.4. The molecule has 4 nitrogen and oxygen atoms in total. The van der Waals surface area contributed by atoms with E-state index in [9.17, 15) is 4.79 Å². The summed E-state index contributed by atoms with van der Waals surface area (Å²) >= 11 is 0. The van der Waals surface area contributed by atoms with Gasteiger partial charge in [-0.25, -0.2) is 4.79 Å². The molecule has 1 unspecified atom stereocenters. The smallest absolute Gasteiger partial charge is 0.307 e. The maximum Gasteiger partial charge on any atom is 0.325 e. The number of para-hydroxylation sites is 1. The van der Waals surface area contributed by atoms with Crippen molar-refractivity contribution in [3.05, 3.63) is 30.3 Å². The summed E-state index contributed by atoms with van der Waals surface area (Å²) in [6, 6.07) is 10.1. The molecule has 0 radical (unpaired) electrons. The lowest BCUT2D eigenvalue weighted by Crippen LogP contribution is -2.53. The van der Waals surface area contributed by atoms with Crippen LogP contribution in [0.3, 0.4) is 0 Å². The molecule has 4 heteroatoms. The van der Waals surface area contributed by atoms with Crippen molar-refractivity contribution < 1.29 is 4.79 Å². The molecule has 2 fully saturated rings. The summed E-state index contributed by atoms with van der Waals surface area (Å²) in [4.78, 5) is 18.6. The van der Waals surface area contributed by atoms with Gasteiger partial charge in [-0.2, -0.15) is 0 Å². The van der Waals surface area contributed by atoms with E-state index in [0.717, 1.165) is 31.9 Å². The van der Waals surface area contributed by atoms with Crippen molar-refractivity contribution in [1.82, 2.24) is 9.80 Å². The number of hydrogen-bond acceptors (Lipinski definition) is 2. The Morgan fingerprint density at radius 3 is 2.39 bits per heavy atom. The summed E-state index contributed by atoms with van der Waals surface area (Å²) in [6.45, 7) is 5.99. The number of nitrogens with zero attached hydrogens (tertiary/aromatic N) is 3. The lowest BCUT2D eigenvalue weighted by Gasteiger charge is -2.40. The molecule has 1 aromatic carbocycles. The van der Waals surface area contributed by atoms with Crippen LogP contribution in [-0.2, 0) is 0 Å². The first-order valence-corrected chi connectivity index (χ1v) is 6.64. The van der Waals surface area contributed by atoms with E-state index >= 15 is 0 Å². The van der Waals surface area contributed by atoms with Gasteiger partial charge < -0.3 is 4.90 Å². The second-order valence-corrected chi connectivity index (χ2v) is 4.98. The van der Waals surface area contributed by atoms with Crippen LogP contribution in [0, 0.1) is 0 Å². The first-order chi connectivity index (χ1) is 8.77. The second kappa shape index (κ2) is 4.61. The van der Waals surface area contributed by atoms with Gasteiger partial charge >= 0.3 is 6.03 Å². The fourth-order valence-electron chi connectivity index (χ4n) is 2.66. The summed E-state index contributed by atoms with van der Waals surface area (Å²) in [5.41, 5.74) is 1.00. The first kappa shape index (κ1) is 11.5. The number of amides is 2. The third-order valence-electron chi connectivity index (χ3n) is 3.98. The Hall–Kier alpha value is -1.55. The van der Waals surface area contributed by atoms with Gasteiger partial charge in [-0.05, 0) is 25.5 Å². The van der Waals surface area contributed by atoms with Crippen LogP contribution in [-0.4, -0.2) is 48.2 Å². The summed E-state index contributed by atoms with van der Waals surface area (Å²) < 4.78 is 0. The Bertz CT molecular complexity index is 430. The highest BCUT2D eigenvalue weighted by Gasteiger charge is 2.36. The molecule has 0 spiro atoms. The topological polar surface area (TPSA) is 26.8 Å². The maximum atomic E-state index is 12.4. The highest BCUT2D eigenvalue weighted by Crippen LogP contribution is 2.23. The molecule has 0 aliphatic carbocycles. The molecule has 1 aromatic rings. The Labute approximate surface area is 108 Å². The van der Waals surface area contributed by atoms with Crippen LogP contribution < -0.4 is 4.90 Å². The number of hydrogen-bond donors (Lipinski definition) is 0. The molecule has 2 aliphatic heterocycles. The molecule has 96 valence electrons. The fourth-order valence-corrected chi connectivity index (χ4v) is 2.66. The molecule has 2 aliphatic rings. The predicted molar refractivity (Wildman–Crippen MR) is 71.5 cm³/mol. The van der Waals surface area contributed by atoms with Gasteiger partial charge in [-0.1, -0.05) is 18.2 Å². The van der Waals surface area contributed by atoms with Crippen molar-refractivity contribution in [2.24, 2.45) is 0 Å². The van der Waals surface area contributed by atoms with Crippen molar-refractivity contribution in [2.75, 3.05) is 31.1 Å². The van der Waals surface area contributed by atoms with Gasteiger partial charge in [-0.3, -0.25) is 9.80 Å². The lowest BCUT2D eigenvalue weighted by molar-refractivity contribution is 0.0449. The number of benzene rings is 1. The molecule has 0 saturated carbocycles. The molecular formula is C14H19N3O. The van der Waals surface area contributed by atoms with E-state index in [1.54, 1.807) is 0 Å². The Morgan fingerprint density at radius 2 is 1.78 bits per heavy atom. The summed E-state index contributed by atoms with van der Waals surface area (Å²) in [5, 5.41) is 0. The van der Waals surface area contributed by atoms with Gasteiger partial charge in [0.2, 0.25) is 0 Å². The first-order valence-electron chi connectivity index (χ1n) is 6.64. The van der Waals surface area contributed by atoms with Gasteiger partial charge in [0.15, 0.2) is 0 Å². The predicted octanol–water partition coefficient (Wildman–Crippen LogP) is 1.98. The summed E-state index contributed by atoms with van der Waals surface area (Å²) in [5.74, 6) is 0. The molecule has 0 aromatic heterocycles. The standard InChI is InChI=1S/C14H19N3O/c1-12(15-8-5-9-15)16-10-11-17(14(16)18)13-6-3-2-4-7-13/h2-4,6-7,12H,5,8-11H2,1H3. The van der Waals surface area contributed by atoms with Crippen LogP contribution >= 0.6 is 0 Å². The number of anilines is 1. The molecule has 2 saturated heterocycles. The molecule has 18 heavy (non-hydrogen) atoms. The Balaban J connectivity index is 1.72. The summed E-state index contributed by atoms with van der Waals surface area (Å²) in [7, 11) is 0. The molecule has 2 heterocycles. The number of urea groups is 1. The van der Waals surface area contributed by atoms with Gasteiger partial charge in [0, 0.05) is 31.9 Å². The average Bonchev–Trinajstić information content (AvgIpc) is 2.70. The zero-order valence-corrected chi connectivity index (χ0v) is 10.7. The Morgan fingerprint density at radius 1 is 1.06 bits per heavy atom. The van der Waals surface area contributed by atoms with Crippen LogP contribution in [0.5, 0.6) is 0 Å². The molecule has 1 atom stereocenters. The monoisotopic (exact) mass is 245 g/mol. The number of carbonyl (C=O) groups is 1. The minimum atomic E-state index is 0.139. The average molecular weight is 245 g/mol. The van der Waals surface area contributed by atoms with Gasteiger partial charge in [0.05, 0.1) is 6.17 Å². The van der Waals surface area contributed by atoms with Crippen LogP contribution in [0.2, 0.25) is 0 Å². The largest absolute Gasteiger partial charge is 0.325 e. The third-order valence-corrected chi connectivity index (χ3v) is 3.98. The van der Waals surface area contributed by atoms with E-state index in [1.165, 1.54) is 6.42 Å². The van der Waals surface area contributed by atoms with Crippen molar-refractivity contribution in [3.63, 3.8) is 0 Å². The van der Waals surface area contributed by atoms with Crippen molar-refractivity contribution in [3.8, 4) is 0 Å². The van der Waals surface area contributed by atoms with Crippen LogP contribution in [0.25, 0.3) is 0 Å². The SMILES string of the molecule is CC(N1CCC1)N1CCN(c2ccccc2)C1=O. The zero-order valence-electron chi connectivity index (χ0n) is 10.7. The van der Waals surface area contributed by atoms with Gasteiger partial charge in [-0.15, -0.1) is 0 Å². The fraction of sp³-hybridized carbons (Fsp3) is 0.500. The third kappa shape index (κ3) is 1.86. The lowest BCUT2D eigenvalue weighted by atomic mass is 10.2. The van der Waals surface area contributed by atoms with E-state index in [-0.39, 0.29) is 12.2 Å².